The quantitative estimate of drug-likeness (QED) is 0.679. The number of rotatable bonds is 2. The summed E-state index contributed by atoms with van der Waals surface area (Å²) >= 11 is 6.75. The normalized spacial score (nSPS) is 10.7. The van der Waals surface area contributed by atoms with Crippen LogP contribution in [-0.4, -0.2) is 16.1 Å². The van der Waals surface area contributed by atoms with Crippen molar-refractivity contribution in [2.45, 2.75) is 0 Å². The van der Waals surface area contributed by atoms with E-state index in [1.165, 1.54) is 0 Å². The molecule has 1 heterocycles. The Kier molecular flexibility index (Phi) is 3.58. The summed E-state index contributed by atoms with van der Waals surface area (Å²) < 4.78 is 1.66. The van der Waals surface area contributed by atoms with Crippen molar-refractivity contribution in [3.8, 4) is 0 Å². The van der Waals surface area contributed by atoms with Crippen molar-refractivity contribution in [2.24, 2.45) is 0 Å². The molecule has 4 nitrogen and oxygen atoms in total. The smallest absolute Gasteiger partial charge is 0.256 e. The summed E-state index contributed by atoms with van der Waals surface area (Å²) in [6, 6.07) is 11.0. The topological polar surface area (TPSA) is 57.8 Å². The fraction of sp³-hybridized carbons (Fsp3) is 0. The number of carbonyl (C=O) groups is 1. The molecule has 1 aromatic heterocycles. The van der Waals surface area contributed by atoms with Crippen LogP contribution in [0.1, 0.15) is 10.4 Å². The number of benzene rings is 2. The molecule has 0 aliphatic rings. The molecular weight excluding hydrogens is 386 g/mol. The number of aromatic amines is 1. The Morgan fingerprint density at radius 2 is 2.00 bits per heavy atom. The van der Waals surface area contributed by atoms with Crippen LogP contribution in [0.3, 0.4) is 0 Å². The fourth-order valence-electron chi connectivity index (χ4n) is 1.89. The molecular formula is C14H9Br2N3O. The van der Waals surface area contributed by atoms with Gasteiger partial charge in [-0.05, 0) is 52.3 Å². The average Bonchev–Trinajstić information content (AvgIpc) is 2.85. The van der Waals surface area contributed by atoms with Crippen molar-refractivity contribution >= 4 is 54.4 Å². The molecule has 0 aliphatic carbocycles. The zero-order valence-electron chi connectivity index (χ0n) is 10.2. The summed E-state index contributed by atoms with van der Waals surface area (Å²) in [6.07, 6.45) is 1.72. The van der Waals surface area contributed by atoms with Crippen molar-refractivity contribution in [3.63, 3.8) is 0 Å². The summed E-state index contributed by atoms with van der Waals surface area (Å²) in [4.78, 5) is 12.2. The molecule has 1 amide bonds. The number of halogens is 2. The molecule has 0 spiro atoms. The van der Waals surface area contributed by atoms with Crippen LogP contribution < -0.4 is 5.32 Å². The molecule has 100 valence electrons. The van der Waals surface area contributed by atoms with Crippen molar-refractivity contribution in [2.75, 3.05) is 5.32 Å². The SMILES string of the molecule is O=C(Nc1ccc2[nH]ncc2c1)c1ccc(Br)cc1Br. The highest BCUT2D eigenvalue weighted by Gasteiger charge is 2.11. The minimum absolute atomic E-state index is 0.160. The molecule has 2 N–H and O–H groups in total. The molecule has 20 heavy (non-hydrogen) atoms. The van der Waals surface area contributed by atoms with Gasteiger partial charge in [0.25, 0.3) is 5.91 Å². The maximum atomic E-state index is 12.2. The second kappa shape index (κ2) is 5.38. The largest absolute Gasteiger partial charge is 0.322 e. The summed E-state index contributed by atoms with van der Waals surface area (Å²) in [5, 5.41) is 10.7. The molecule has 6 heteroatoms. The number of nitrogens with one attached hydrogen (secondary N) is 2. The number of aromatic nitrogens is 2. The van der Waals surface area contributed by atoms with Gasteiger partial charge >= 0.3 is 0 Å². The number of hydrogen-bond donors (Lipinski definition) is 2. The highest BCUT2D eigenvalue weighted by molar-refractivity contribution is 9.11. The van der Waals surface area contributed by atoms with Crippen molar-refractivity contribution in [1.82, 2.24) is 10.2 Å². The predicted octanol–water partition coefficient (Wildman–Crippen LogP) is 4.34. The van der Waals surface area contributed by atoms with Crippen molar-refractivity contribution < 1.29 is 4.79 Å². The van der Waals surface area contributed by atoms with Gasteiger partial charge < -0.3 is 5.32 Å². The first kappa shape index (κ1) is 13.3. The summed E-state index contributed by atoms with van der Waals surface area (Å²) in [6.45, 7) is 0. The van der Waals surface area contributed by atoms with E-state index in [0.717, 1.165) is 25.5 Å². The third kappa shape index (κ3) is 2.62. The summed E-state index contributed by atoms with van der Waals surface area (Å²) in [5.41, 5.74) is 2.26. The Morgan fingerprint density at radius 3 is 2.80 bits per heavy atom. The van der Waals surface area contributed by atoms with E-state index in [1.54, 1.807) is 12.3 Å². The number of amides is 1. The molecule has 0 radical (unpaired) electrons. The second-order valence-corrected chi connectivity index (χ2v) is 6.02. The van der Waals surface area contributed by atoms with Crippen LogP contribution in [0.4, 0.5) is 5.69 Å². The molecule has 0 saturated carbocycles. The Hall–Kier alpha value is -1.66. The lowest BCUT2D eigenvalue weighted by molar-refractivity contribution is 0.102. The van der Waals surface area contributed by atoms with Gasteiger partial charge in [-0.1, -0.05) is 15.9 Å². The molecule has 0 fully saturated rings. The fourth-order valence-corrected chi connectivity index (χ4v) is 3.12. The summed E-state index contributed by atoms with van der Waals surface area (Å²) in [5.74, 6) is -0.160. The second-order valence-electron chi connectivity index (χ2n) is 4.25. The standard InChI is InChI=1S/C14H9Br2N3O/c15-9-1-3-11(12(16)6-9)14(20)18-10-2-4-13-8(5-10)7-17-19-13/h1-7H,(H,17,19)(H,18,20). The van der Waals surface area contributed by atoms with Crippen LogP contribution >= 0.6 is 31.9 Å². The van der Waals surface area contributed by atoms with E-state index in [-0.39, 0.29) is 5.91 Å². The molecule has 2 aromatic carbocycles. The molecule has 0 unspecified atom stereocenters. The van der Waals surface area contributed by atoms with Gasteiger partial charge in [-0.25, -0.2) is 0 Å². The van der Waals surface area contributed by atoms with Crippen LogP contribution in [0, 0.1) is 0 Å². The first-order valence-corrected chi connectivity index (χ1v) is 7.41. The van der Waals surface area contributed by atoms with Crippen LogP contribution in [0.15, 0.2) is 51.5 Å². The van der Waals surface area contributed by atoms with Gasteiger partial charge in [-0.3, -0.25) is 9.89 Å². The first-order valence-electron chi connectivity index (χ1n) is 5.83. The molecule has 3 rings (SSSR count). The molecule has 0 atom stereocenters. The highest BCUT2D eigenvalue weighted by Crippen LogP contribution is 2.23. The Labute approximate surface area is 131 Å². The predicted molar refractivity (Wildman–Crippen MR) is 85.9 cm³/mol. The van der Waals surface area contributed by atoms with E-state index in [0.29, 0.717) is 5.56 Å². The van der Waals surface area contributed by atoms with Crippen LogP contribution in [0.5, 0.6) is 0 Å². The number of nitrogens with zero attached hydrogens (tertiary/aromatic N) is 1. The van der Waals surface area contributed by atoms with E-state index < -0.39 is 0 Å². The number of H-pyrrole nitrogens is 1. The third-order valence-electron chi connectivity index (χ3n) is 2.87. The number of carbonyl (C=O) groups excluding carboxylic acids is 1. The van der Waals surface area contributed by atoms with E-state index in [9.17, 15) is 4.79 Å². The van der Waals surface area contributed by atoms with Crippen LogP contribution in [-0.2, 0) is 0 Å². The molecule has 0 bridgehead atoms. The lowest BCUT2D eigenvalue weighted by Crippen LogP contribution is -2.12. The lowest BCUT2D eigenvalue weighted by Gasteiger charge is -2.07. The van der Waals surface area contributed by atoms with Crippen molar-refractivity contribution in [3.05, 3.63) is 57.1 Å². The third-order valence-corrected chi connectivity index (χ3v) is 4.02. The highest BCUT2D eigenvalue weighted by atomic mass is 79.9. The van der Waals surface area contributed by atoms with E-state index in [2.05, 4.69) is 47.4 Å². The van der Waals surface area contributed by atoms with Crippen LogP contribution in [0.25, 0.3) is 10.9 Å². The van der Waals surface area contributed by atoms with Crippen LogP contribution in [0.2, 0.25) is 0 Å². The lowest BCUT2D eigenvalue weighted by atomic mass is 10.2. The van der Waals surface area contributed by atoms with E-state index in [1.807, 2.05) is 30.3 Å². The zero-order chi connectivity index (χ0) is 14.1. The number of hydrogen-bond acceptors (Lipinski definition) is 2. The monoisotopic (exact) mass is 393 g/mol. The first-order chi connectivity index (χ1) is 9.63. The molecule has 3 aromatic rings. The van der Waals surface area contributed by atoms with Gasteiger partial charge in [0, 0.05) is 20.0 Å². The van der Waals surface area contributed by atoms with Gasteiger partial charge in [0.05, 0.1) is 17.3 Å². The van der Waals surface area contributed by atoms with Gasteiger partial charge in [0.1, 0.15) is 0 Å². The van der Waals surface area contributed by atoms with Crippen molar-refractivity contribution in [1.29, 1.82) is 0 Å². The average molecular weight is 395 g/mol. The van der Waals surface area contributed by atoms with Gasteiger partial charge in [-0.15, -0.1) is 0 Å². The Balaban J connectivity index is 1.87. The maximum absolute atomic E-state index is 12.2. The Bertz CT molecular complexity index is 798. The Morgan fingerprint density at radius 1 is 1.15 bits per heavy atom. The minimum Gasteiger partial charge on any atom is -0.322 e. The number of anilines is 1. The number of fused-ring (bicyclic) bond motifs is 1. The van der Waals surface area contributed by atoms with Gasteiger partial charge in [-0.2, -0.15) is 5.10 Å². The molecule has 0 aliphatic heterocycles. The minimum atomic E-state index is -0.160. The summed E-state index contributed by atoms with van der Waals surface area (Å²) in [7, 11) is 0. The van der Waals surface area contributed by atoms with Gasteiger partial charge in [0.2, 0.25) is 0 Å². The maximum Gasteiger partial charge on any atom is 0.256 e. The zero-order valence-corrected chi connectivity index (χ0v) is 13.3. The van der Waals surface area contributed by atoms with E-state index in [4.69, 9.17) is 0 Å². The molecule has 0 saturated heterocycles. The van der Waals surface area contributed by atoms with E-state index >= 15 is 0 Å². The van der Waals surface area contributed by atoms with Gasteiger partial charge in [0.15, 0.2) is 0 Å².